The van der Waals surface area contributed by atoms with Gasteiger partial charge in [0.1, 0.15) is 0 Å². The molecule has 0 aliphatic rings. The number of hydrogen-bond donors (Lipinski definition) is 2. The summed E-state index contributed by atoms with van der Waals surface area (Å²) in [5.74, 6) is 0.0728. The summed E-state index contributed by atoms with van der Waals surface area (Å²) in [6, 6.07) is 4.03. The molecule has 1 aromatic carbocycles. The third-order valence-electron chi connectivity index (χ3n) is 3.61. The van der Waals surface area contributed by atoms with Crippen LogP contribution in [0.4, 0.5) is 5.69 Å². The van der Waals surface area contributed by atoms with Crippen molar-refractivity contribution < 1.29 is 4.79 Å². The van der Waals surface area contributed by atoms with Gasteiger partial charge in [0.2, 0.25) is 5.91 Å². The molecular formula is C16H25BrN2O. The number of amides is 1. The van der Waals surface area contributed by atoms with Crippen LogP contribution < -0.4 is 11.1 Å². The van der Waals surface area contributed by atoms with Crippen LogP contribution >= 0.6 is 15.9 Å². The molecule has 0 atom stereocenters. The van der Waals surface area contributed by atoms with Crippen molar-refractivity contribution >= 4 is 27.5 Å². The van der Waals surface area contributed by atoms with Crippen molar-refractivity contribution in [3.05, 3.63) is 27.7 Å². The fourth-order valence-electron chi connectivity index (χ4n) is 2.28. The summed E-state index contributed by atoms with van der Waals surface area (Å²) in [6.45, 7) is 8.99. The molecule has 0 aliphatic heterocycles. The number of halogens is 1. The molecule has 20 heavy (non-hydrogen) atoms. The fraction of sp³-hybridized carbons (Fsp3) is 0.562. The number of nitrogens with two attached hydrogens (primary N) is 1. The van der Waals surface area contributed by atoms with Gasteiger partial charge in [-0.05, 0) is 61.9 Å². The number of carbonyl (C=O) groups is 1. The van der Waals surface area contributed by atoms with Gasteiger partial charge < -0.3 is 11.1 Å². The number of anilines is 1. The molecule has 3 nitrogen and oxygen atoms in total. The van der Waals surface area contributed by atoms with Gasteiger partial charge in [0, 0.05) is 16.6 Å². The number of hydrogen-bond acceptors (Lipinski definition) is 2. The Kier molecular flexibility index (Phi) is 6.21. The normalized spacial score (nSPS) is 11.5. The second-order valence-electron chi connectivity index (χ2n) is 6.17. The van der Waals surface area contributed by atoms with Crippen LogP contribution in [0.25, 0.3) is 0 Å². The Bertz CT molecular complexity index is 460. The highest BCUT2D eigenvalue weighted by atomic mass is 79.9. The maximum atomic E-state index is 12.1. The smallest absolute Gasteiger partial charge is 0.224 e. The van der Waals surface area contributed by atoms with Crippen LogP contribution in [0.1, 0.15) is 44.2 Å². The fourth-order valence-corrected chi connectivity index (χ4v) is 2.96. The highest BCUT2D eigenvalue weighted by Crippen LogP contribution is 2.28. The molecule has 0 unspecified atom stereocenters. The van der Waals surface area contributed by atoms with Crippen molar-refractivity contribution in [2.75, 3.05) is 11.9 Å². The molecule has 0 aliphatic carbocycles. The molecule has 4 heteroatoms. The zero-order chi connectivity index (χ0) is 15.3. The van der Waals surface area contributed by atoms with Crippen LogP contribution in [0.3, 0.4) is 0 Å². The van der Waals surface area contributed by atoms with E-state index in [0.717, 1.165) is 34.1 Å². The molecule has 0 bridgehead atoms. The predicted molar refractivity (Wildman–Crippen MR) is 88.9 cm³/mol. The van der Waals surface area contributed by atoms with Gasteiger partial charge in [-0.3, -0.25) is 4.79 Å². The molecule has 0 radical (unpaired) electrons. The van der Waals surface area contributed by atoms with Gasteiger partial charge in [-0.2, -0.15) is 0 Å². The van der Waals surface area contributed by atoms with E-state index in [0.29, 0.717) is 13.0 Å². The number of benzene rings is 1. The van der Waals surface area contributed by atoms with E-state index < -0.39 is 0 Å². The summed E-state index contributed by atoms with van der Waals surface area (Å²) < 4.78 is 1.04. The van der Waals surface area contributed by atoms with Crippen molar-refractivity contribution in [1.82, 2.24) is 0 Å². The highest BCUT2D eigenvalue weighted by molar-refractivity contribution is 9.10. The minimum atomic E-state index is 0.0728. The lowest BCUT2D eigenvalue weighted by Gasteiger charge is -2.23. The minimum Gasteiger partial charge on any atom is -0.330 e. The third-order valence-corrected chi connectivity index (χ3v) is 4.07. The summed E-state index contributed by atoms with van der Waals surface area (Å²) in [6.07, 6.45) is 2.32. The van der Waals surface area contributed by atoms with Crippen molar-refractivity contribution in [3.63, 3.8) is 0 Å². The lowest BCUT2D eigenvalue weighted by atomic mass is 9.84. The zero-order valence-corrected chi connectivity index (χ0v) is 14.4. The molecule has 0 aromatic heterocycles. The largest absolute Gasteiger partial charge is 0.330 e. The lowest BCUT2D eigenvalue weighted by Crippen LogP contribution is -2.21. The Morgan fingerprint density at radius 3 is 2.30 bits per heavy atom. The maximum Gasteiger partial charge on any atom is 0.224 e. The summed E-state index contributed by atoms with van der Waals surface area (Å²) in [5, 5.41) is 3.03. The summed E-state index contributed by atoms with van der Waals surface area (Å²) in [7, 11) is 0. The Morgan fingerprint density at radius 2 is 1.80 bits per heavy atom. The number of rotatable bonds is 6. The molecule has 0 spiro atoms. The van der Waals surface area contributed by atoms with Crippen LogP contribution in [0.5, 0.6) is 0 Å². The van der Waals surface area contributed by atoms with Crippen LogP contribution in [0.15, 0.2) is 16.6 Å². The molecule has 1 rings (SSSR count). The summed E-state index contributed by atoms with van der Waals surface area (Å²) in [5.41, 5.74) is 8.79. The Morgan fingerprint density at radius 1 is 1.25 bits per heavy atom. The molecule has 3 N–H and O–H groups in total. The first-order chi connectivity index (χ1) is 9.25. The summed E-state index contributed by atoms with van der Waals surface area (Å²) >= 11 is 3.46. The lowest BCUT2D eigenvalue weighted by molar-refractivity contribution is -0.116. The molecule has 1 amide bonds. The second-order valence-corrected chi connectivity index (χ2v) is 7.08. The van der Waals surface area contributed by atoms with E-state index >= 15 is 0 Å². The number of nitrogens with one attached hydrogen (secondary N) is 1. The first-order valence-electron chi connectivity index (χ1n) is 7.02. The predicted octanol–water partition coefficient (Wildman–Crippen LogP) is 4.16. The van der Waals surface area contributed by atoms with E-state index in [1.807, 2.05) is 26.0 Å². The summed E-state index contributed by atoms with van der Waals surface area (Å²) in [4.78, 5) is 12.1. The Labute approximate surface area is 130 Å². The highest BCUT2D eigenvalue weighted by Gasteiger charge is 2.18. The van der Waals surface area contributed by atoms with Gasteiger partial charge in [-0.15, -0.1) is 0 Å². The zero-order valence-electron chi connectivity index (χ0n) is 12.8. The molecule has 0 saturated heterocycles. The monoisotopic (exact) mass is 340 g/mol. The number of carbonyl (C=O) groups excluding carboxylic acids is 1. The van der Waals surface area contributed by atoms with Gasteiger partial charge in [-0.1, -0.05) is 29.8 Å². The molecule has 0 heterocycles. The van der Waals surface area contributed by atoms with Gasteiger partial charge in [0.25, 0.3) is 0 Å². The van der Waals surface area contributed by atoms with E-state index in [2.05, 4.69) is 35.1 Å². The van der Waals surface area contributed by atoms with E-state index in [9.17, 15) is 4.79 Å². The van der Waals surface area contributed by atoms with Gasteiger partial charge in [0.15, 0.2) is 0 Å². The van der Waals surface area contributed by atoms with Crippen molar-refractivity contribution in [2.24, 2.45) is 11.1 Å². The minimum absolute atomic E-state index is 0.0728. The molecule has 1 aromatic rings. The maximum absolute atomic E-state index is 12.1. The number of aryl methyl sites for hydroxylation is 2. The van der Waals surface area contributed by atoms with Crippen molar-refractivity contribution in [2.45, 2.75) is 47.0 Å². The standard InChI is InChI=1S/C16H25BrN2O/c1-11-9-13(17)10-12(2)15(11)19-14(20)5-6-16(3,4)7-8-18/h9-10H,5-8,18H2,1-4H3,(H,19,20). The SMILES string of the molecule is Cc1cc(Br)cc(C)c1NC(=O)CCC(C)(C)CCN. The Hall–Kier alpha value is -0.870. The van der Waals surface area contributed by atoms with E-state index in [-0.39, 0.29) is 11.3 Å². The Balaban J connectivity index is 2.64. The van der Waals surface area contributed by atoms with Crippen LogP contribution in [0.2, 0.25) is 0 Å². The quantitative estimate of drug-likeness (QED) is 0.816. The van der Waals surface area contributed by atoms with E-state index in [1.54, 1.807) is 0 Å². The molecule has 0 saturated carbocycles. The average molecular weight is 341 g/mol. The van der Waals surface area contributed by atoms with Crippen LogP contribution in [0, 0.1) is 19.3 Å². The van der Waals surface area contributed by atoms with E-state index in [1.165, 1.54) is 0 Å². The van der Waals surface area contributed by atoms with Crippen molar-refractivity contribution in [1.29, 1.82) is 0 Å². The molecule has 0 fully saturated rings. The first kappa shape index (κ1) is 17.2. The van der Waals surface area contributed by atoms with Crippen LogP contribution in [-0.2, 0) is 4.79 Å². The van der Waals surface area contributed by atoms with Crippen LogP contribution in [-0.4, -0.2) is 12.5 Å². The topological polar surface area (TPSA) is 55.1 Å². The molecule has 112 valence electrons. The second kappa shape index (κ2) is 7.23. The van der Waals surface area contributed by atoms with Gasteiger partial charge in [-0.25, -0.2) is 0 Å². The third kappa shape index (κ3) is 5.25. The van der Waals surface area contributed by atoms with Gasteiger partial charge in [0.05, 0.1) is 0 Å². The van der Waals surface area contributed by atoms with Crippen molar-refractivity contribution in [3.8, 4) is 0 Å². The van der Waals surface area contributed by atoms with E-state index in [4.69, 9.17) is 5.73 Å². The average Bonchev–Trinajstić information content (AvgIpc) is 2.31. The van der Waals surface area contributed by atoms with Gasteiger partial charge >= 0.3 is 0 Å². The molecular weight excluding hydrogens is 316 g/mol. The first-order valence-corrected chi connectivity index (χ1v) is 7.81.